The lowest BCUT2D eigenvalue weighted by Gasteiger charge is -2.17. The second-order valence-corrected chi connectivity index (χ2v) is 6.84. The van der Waals surface area contributed by atoms with E-state index in [9.17, 15) is 12.8 Å². The van der Waals surface area contributed by atoms with Gasteiger partial charge in [-0.2, -0.15) is 4.31 Å². The SMILES string of the molecule is Cc1cc(S(=O)(=O)N2CCC(C)C2)cc(N)c1F. The zero-order valence-corrected chi connectivity index (χ0v) is 11.3. The minimum Gasteiger partial charge on any atom is -0.396 e. The molecule has 2 N–H and O–H groups in total. The topological polar surface area (TPSA) is 63.4 Å². The van der Waals surface area contributed by atoms with Gasteiger partial charge < -0.3 is 5.73 Å². The third-order valence-corrected chi connectivity index (χ3v) is 5.12. The summed E-state index contributed by atoms with van der Waals surface area (Å²) in [6.07, 6.45) is 0.856. The number of rotatable bonds is 2. The summed E-state index contributed by atoms with van der Waals surface area (Å²) in [4.78, 5) is 0.0769. The highest BCUT2D eigenvalue weighted by Crippen LogP contribution is 2.27. The first-order valence-electron chi connectivity index (χ1n) is 5.88. The quantitative estimate of drug-likeness (QED) is 0.834. The first kappa shape index (κ1) is 13.3. The normalized spacial score (nSPS) is 21.4. The largest absolute Gasteiger partial charge is 0.396 e. The van der Waals surface area contributed by atoms with Crippen LogP contribution in [0.3, 0.4) is 0 Å². The van der Waals surface area contributed by atoms with Crippen LogP contribution in [0, 0.1) is 18.7 Å². The van der Waals surface area contributed by atoms with Gasteiger partial charge in [0.1, 0.15) is 5.82 Å². The van der Waals surface area contributed by atoms with Crippen LogP contribution in [0.15, 0.2) is 17.0 Å². The minimum absolute atomic E-state index is 0.0769. The summed E-state index contributed by atoms with van der Waals surface area (Å²) in [7, 11) is -3.55. The molecule has 1 unspecified atom stereocenters. The van der Waals surface area contributed by atoms with Gasteiger partial charge in [0.25, 0.3) is 0 Å². The van der Waals surface area contributed by atoms with Gasteiger partial charge >= 0.3 is 0 Å². The molecule has 100 valence electrons. The summed E-state index contributed by atoms with van der Waals surface area (Å²) >= 11 is 0. The maximum Gasteiger partial charge on any atom is 0.243 e. The summed E-state index contributed by atoms with van der Waals surface area (Å²) in [5.74, 6) is -0.192. The van der Waals surface area contributed by atoms with E-state index >= 15 is 0 Å². The average molecular weight is 272 g/mol. The predicted molar refractivity (Wildman–Crippen MR) is 68.1 cm³/mol. The molecular weight excluding hydrogens is 255 g/mol. The summed E-state index contributed by atoms with van der Waals surface area (Å²) < 4.78 is 39.5. The Kier molecular flexibility index (Phi) is 3.33. The molecule has 1 saturated heterocycles. The predicted octanol–water partition coefficient (Wildman–Crippen LogP) is 1.75. The zero-order valence-electron chi connectivity index (χ0n) is 10.5. The number of benzene rings is 1. The highest BCUT2D eigenvalue weighted by atomic mass is 32.2. The van der Waals surface area contributed by atoms with Crippen molar-refractivity contribution in [2.45, 2.75) is 25.2 Å². The number of hydrogen-bond donors (Lipinski definition) is 1. The van der Waals surface area contributed by atoms with E-state index < -0.39 is 15.8 Å². The molecule has 1 atom stereocenters. The number of nitrogen functional groups attached to an aromatic ring is 1. The molecule has 0 spiro atoms. The summed E-state index contributed by atoms with van der Waals surface area (Å²) in [5.41, 5.74) is 5.61. The lowest BCUT2D eigenvalue weighted by Crippen LogP contribution is -2.28. The van der Waals surface area contributed by atoms with Crippen LogP contribution in [0.4, 0.5) is 10.1 Å². The lowest BCUT2D eigenvalue weighted by molar-refractivity contribution is 0.464. The molecule has 1 fully saturated rings. The molecule has 1 aromatic rings. The number of hydrogen-bond acceptors (Lipinski definition) is 3. The van der Waals surface area contributed by atoms with Crippen LogP contribution in [0.5, 0.6) is 0 Å². The van der Waals surface area contributed by atoms with Crippen molar-refractivity contribution < 1.29 is 12.8 Å². The third-order valence-electron chi connectivity index (χ3n) is 3.28. The number of anilines is 1. The van der Waals surface area contributed by atoms with Gasteiger partial charge in [-0.25, -0.2) is 12.8 Å². The van der Waals surface area contributed by atoms with Crippen molar-refractivity contribution in [1.29, 1.82) is 0 Å². The molecule has 18 heavy (non-hydrogen) atoms. The van der Waals surface area contributed by atoms with Crippen molar-refractivity contribution in [1.82, 2.24) is 4.31 Å². The fraction of sp³-hybridized carbons (Fsp3) is 0.500. The van der Waals surface area contributed by atoms with E-state index in [0.717, 1.165) is 6.42 Å². The first-order chi connectivity index (χ1) is 8.32. The number of sulfonamides is 1. The van der Waals surface area contributed by atoms with Crippen molar-refractivity contribution in [3.63, 3.8) is 0 Å². The number of nitrogens with zero attached hydrogens (tertiary/aromatic N) is 1. The molecule has 0 aromatic heterocycles. The molecule has 0 radical (unpaired) electrons. The van der Waals surface area contributed by atoms with Crippen LogP contribution in [0.2, 0.25) is 0 Å². The minimum atomic E-state index is -3.55. The molecular formula is C12H17FN2O2S. The number of halogens is 1. The number of nitrogens with two attached hydrogens (primary N) is 1. The molecule has 1 aliphatic heterocycles. The fourth-order valence-corrected chi connectivity index (χ4v) is 3.87. The molecule has 0 amide bonds. The van der Waals surface area contributed by atoms with Crippen molar-refractivity contribution in [3.05, 3.63) is 23.5 Å². The maximum absolute atomic E-state index is 13.4. The second-order valence-electron chi connectivity index (χ2n) is 4.90. The van der Waals surface area contributed by atoms with Gasteiger partial charge in [-0.3, -0.25) is 0 Å². The van der Waals surface area contributed by atoms with Crippen LogP contribution in [0.1, 0.15) is 18.9 Å². The lowest BCUT2D eigenvalue weighted by atomic mass is 10.2. The van der Waals surface area contributed by atoms with E-state index in [4.69, 9.17) is 5.73 Å². The molecule has 0 bridgehead atoms. The van der Waals surface area contributed by atoms with Gasteiger partial charge in [0.15, 0.2) is 0 Å². The molecule has 1 heterocycles. The van der Waals surface area contributed by atoms with E-state index in [-0.39, 0.29) is 16.1 Å². The molecule has 6 heteroatoms. The molecule has 4 nitrogen and oxygen atoms in total. The highest BCUT2D eigenvalue weighted by molar-refractivity contribution is 7.89. The standard InChI is InChI=1S/C12H17FN2O2S/c1-8-3-4-15(7-8)18(16,17)10-5-9(2)12(13)11(14)6-10/h5-6,8H,3-4,7,14H2,1-2H3. The molecule has 0 saturated carbocycles. The fourth-order valence-electron chi connectivity index (χ4n) is 2.17. The second kappa shape index (κ2) is 4.51. The van der Waals surface area contributed by atoms with Crippen LogP contribution in [-0.4, -0.2) is 25.8 Å². The van der Waals surface area contributed by atoms with Gasteiger partial charge in [-0.15, -0.1) is 0 Å². The summed E-state index contributed by atoms with van der Waals surface area (Å²) in [5, 5.41) is 0. The van der Waals surface area contributed by atoms with Crippen LogP contribution in [-0.2, 0) is 10.0 Å². The summed E-state index contributed by atoms with van der Waals surface area (Å²) in [6.45, 7) is 4.55. The van der Waals surface area contributed by atoms with E-state index in [1.54, 1.807) is 0 Å². The Hall–Kier alpha value is -1.14. The Bertz CT molecular complexity index is 548. The third kappa shape index (κ3) is 2.22. The van der Waals surface area contributed by atoms with Crippen molar-refractivity contribution in [3.8, 4) is 0 Å². The first-order valence-corrected chi connectivity index (χ1v) is 7.32. The van der Waals surface area contributed by atoms with Crippen LogP contribution < -0.4 is 5.73 Å². The van der Waals surface area contributed by atoms with Gasteiger partial charge in [0, 0.05) is 13.1 Å². The molecule has 1 aliphatic rings. The van der Waals surface area contributed by atoms with Gasteiger partial charge in [0.05, 0.1) is 10.6 Å². The van der Waals surface area contributed by atoms with Crippen LogP contribution in [0.25, 0.3) is 0 Å². The van der Waals surface area contributed by atoms with Gasteiger partial charge in [-0.05, 0) is 37.0 Å². The van der Waals surface area contributed by atoms with Crippen molar-refractivity contribution in [2.24, 2.45) is 5.92 Å². The van der Waals surface area contributed by atoms with E-state index in [1.807, 2.05) is 6.92 Å². The monoisotopic (exact) mass is 272 g/mol. The Morgan fingerprint density at radius 2 is 2.11 bits per heavy atom. The van der Waals surface area contributed by atoms with Crippen LogP contribution >= 0.6 is 0 Å². The average Bonchev–Trinajstić information content (AvgIpc) is 2.72. The van der Waals surface area contributed by atoms with Gasteiger partial charge in [-0.1, -0.05) is 6.92 Å². The highest BCUT2D eigenvalue weighted by Gasteiger charge is 2.31. The van der Waals surface area contributed by atoms with E-state index in [1.165, 1.54) is 23.4 Å². The Labute approximate surface area is 107 Å². The molecule has 0 aliphatic carbocycles. The Morgan fingerprint density at radius 3 is 2.61 bits per heavy atom. The van der Waals surface area contributed by atoms with Gasteiger partial charge in [0.2, 0.25) is 10.0 Å². The van der Waals surface area contributed by atoms with E-state index in [2.05, 4.69) is 0 Å². The Balaban J connectivity index is 2.42. The van der Waals surface area contributed by atoms with Crippen molar-refractivity contribution >= 4 is 15.7 Å². The maximum atomic E-state index is 13.4. The zero-order chi connectivity index (χ0) is 13.5. The summed E-state index contributed by atoms with van der Waals surface area (Å²) in [6, 6.07) is 2.53. The smallest absolute Gasteiger partial charge is 0.243 e. The molecule has 2 rings (SSSR count). The van der Waals surface area contributed by atoms with E-state index in [0.29, 0.717) is 19.0 Å². The molecule has 1 aromatic carbocycles. The number of aryl methyl sites for hydroxylation is 1. The Morgan fingerprint density at radius 1 is 1.44 bits per heavy atom. The van der Waals surface area contributed by atoms with Crippen molar-refractivity contribution in [2.75, 3.05) is 18.8 Å².